The molecule has 1 aliphatic rings. The van der Waals surface area contributed by atoms with Crippen LogP contribution in [0.25, 0.3) is 10.9 Å². The van der Waals surface area contributed by atoms with E-state index in [1.807, 2.05) is 0 Å². The molecule has 2 aromatic carbocycles. The number of hydrogen-bond donors (Lipinski definition) is 0. The smallest absolute Gasteiger partial charge is 0.303 e. The molecule has 14 heteroatoms. The molecule has 6 nitrogen and oxygen atoms in total. The number of rotatable bonds is 3. The van der Waals surface area contributed by atoms with Crippen LogP contribution in [0.4, 0.5) is 37.7 Å². The molecule has 1 aromatic heterocycles. The van der Waals surface area contributed by atoms with Crippen molar-refractivity contribution in [2.75, 3.05) is 9.80 Å². The Morgan fingerprint density at radius 1 is 1.08 bits per heavy atom. The molecule has 0 bridgehead atoms. The van der Waals surface area contributed by atoms with Gasteiger partial charge in [-0.2, -0.15) is 27.2 Å². The number of aromatic nitrogens is 2. The van der Waals surface area contributed by atoms with Gasteiger partial charge < -0.3 is 4.90 Å². The average Bonchev–Trinajstić information content (AvgIpc) is 2.96. The van der Waals surface area contributed by atoms with Gasteiger partial charge in [-0.1, -0.05) is 11.6 Å². The van der Waals surface area contributed by atoms with Gasteiger partial charge in [0.25, 0.3) is 5.91 Å². The summed E-state index contributed by atoms with van der Waals surface area (Å²) >= 11 is 11.5. The lowest BCUT2D eigenvalue weighted by Crippen LogP contribution is -2.44. The summed E-state index contributed by atoms with van der Waals surface area (Å²) in [6.07, 6.45) is -4.88. The number of amides is 1. The minimum Gasteiger partial charge on any atom is -0.303 e. The van der Waals surface area contributed by atoms with E-state index in [2.05, 4.69) is 9.97 Å². The molecule has 1 fully saturated rings. The first-order valence-corrected chi connectivity index (χ1v) is 11.1. The zero-order valence-electron chi connectivity index (χ0n) is 19.1. The summed E-state index contributed by atoms with van der Waals surface area (Å²) in [6.45, 7) is 3.35. The molecule has 4 rings (SSSR count). The summed E-state index contributed by atoms with van der Waals surface area (Å²) < 4.78 is 83.0. The molecule has 0 radical (unpaired) electrons. The highest BCUT2D eigenvalue weighted by atomic mass is 35.5. The molecule has 3 aromatic rings. The number of nitriles is 1. The minimum atomic E-state index is -4.88. The van der Waals surface area contributed by atoms with E-state index >= 15 is 4.39 Å². The summed E-state index contributed by atoms with van der Waals surface area (Å²) in [7, 11) is 0. The number of fused-ring (bicyclic) bond motifs is 1. The molecule has 0 atom stereocenters. The Bertz CT molecular complexity index is 1530. The second-order valence-electron chi connectivity index (χ2n) is 8.71. The predicted octanol–water partition coefficient (Wildman–Crippen LogP) is 6.34. The fraction of sp³-hybridized carbons (Fsp3) is 0.261. The Labute approximate surface area is 216 Å². The normalized spacial score (nSPS) is 16.0. The molecule has 37 heavy (non-hydrogen) atoms. The Kier molecular flexibility index (Phi) is 6.12. The van der Waals surface area contributed by atoms with E-state index < -0.39 is 57.0 Å². The van der Waals surface area contributed by atoms with Gasteiger partial charge in [0.2, 0.25) is 5.82 Å². The van der Waals surface area contributed by atoms with Crippen molar-refractivity contribution in [3.05, 3.63) is 58.3 Å². The van der Waals surface area contributed by atoms with E-state index in [4.69, 9.17) is 29.1 Å². The fourth-order valence-electron chi connectivity index (χ4n) is 3.92. The van der Waals surface area contributed by atoms with Gasteiger partial charge in [-0.3, -0.25) is 9.69 Å². The van der Waals surface area contributed by atoms with Crippen LogP contribution in [-0.4, -0.2) is 26.5 Å². The number of thiocarbonyl (C=S) groups is 1. The number of carbonyl (C=O) groups excluding carboxylic acids is 1. The first-order chi connectivity index (χ1) is 17.0. The van der Waals surface area contributed by atoms with Crippen molar-refractivity contribution >= 4 is 57.1 Å². The maximum Gasteiger partial charge on any atom is 0.417 e. The van der Waals surface area contributed by atoms with Crippen LogP contribution in [0.15, 0.2) is 30.3 Å². The second-order valence-corrected chi connectivity index (χ2v) is 9.43. The van der Waals surface area contributed by atoms with Crippen LogP contribution >= 0.6 is 23.8 Å². The van der Waals surface area contributed by atoms with E-state index in [9.17, 15) is 26.7 Å². The van der Waals surface area contributed by atoms with Crippen molar-refractivity contribution in [1.29, 1.82) is 5.26 Å². The van der Waals surface area contributed by atoms with Crippen LogP contribution in [0.3, 0.4) is 0 Å². The monoisotopic (exact) mass is 557 g/mol. The van der Waals surface area contributed by atoms with E-state index in [1.165, 1.54) is 30.9 Å². The lowest BCUT2D eigenvalue weighted by atomic mass is 10.0. The third-order valence-electron chi connectivity index (χ3n) is 5.70. The number of halogens is 7. The summed E-state index contributed by atoms with van der Waals surface area (Å²) in [5.41, 5.74) is -4.21. The molecular weight excluding hydrogens is 544 g/mol. The molecule has 0 spiro atoms. The van der Waals surface area contributed by atoms with E-state index in [1.54, 1.807) is 0 Å². The Morgan fingerprint density at radius 3 is 2.30 bits per heavy atom. The second kappa shape index (κ2) is 8.53. The highest BCUT2D eigenvalue weighted by Gasteiger charge is 2.51. The van der Waals surface area contributed by atoms with Gasteiger partial charge in [0.15, 0.2) is 10.9 Å². The maximum atomic E-state index is 15.1. The Hall–Kier alpha value is -3.50. The van der Waals surface area contributed by atoms with Gasteiger partial charge in [0.1, 0.15) is 16.2 Å². The van der Waals surface area contributed by atoms with Gasteiger partial charge >= 0.3 is 12.1 Å². The standard InChI is InChI=1S/C23H14ClF6N5OS/c1-21(2)19(36)34(11-5-4-10(9-31)14(7-11)23(28,29)30)20(37)35(21)12-6-13-16(15(25)8-12)32-18(22(3,26)27)33-17(13)24/h4-8H,1-3H3. The van der Waals surface area contributed by atoms with Crippen molar-refractivity contribution in [3.8, 4) is 6.07 Å². The lowest BCUT2D eigenvalue weighted by Gasteiger charge is -2.29. The van der Waals surface area contributed by atoms with E-state index in [0.29, 0.717) is 13.0 Å². The molecule has 1 aliphatic heterocycles. The van der Waals surface area contributed by atoms with Crippen molar-refractivity contribution in [3.63, 3.8) is 0 Å². The first-order valence-electron chi connectivity index (χ1n) is 10.3. The molecule has 2 heterocycles. The first kappa shape index (κ1) is 26.6. The highest BCUT2D eigenvalue weighted by molar-refractivity contribution is 7.81. The number of carbonyl (C=O) groups is 1. The van der Waals surface area contributed by atoms with E-state index in [-0.39, 0.29) is 21.9 Å². The topological polar surface area (TPSA) is 73.1 Å². The van der Waals surface area contributed by atoms with Gasteiger partial charge in [-0.05, 0) is 56.4 Å². The van der Waals surface area contributed by atoms with Crippen LogP contribution in [0.2, 0.25) is 5.15 Å². The van der Waals surface area contributed by atoms with Crippen LogP contribution in [-0.2, 0) is 16.9 Å². The Morgan fingerprint density at radius 2 is 1.73 bits per heavy atom. The number of nitrogens with zero attached hydrogens (tertiary/aromatic N) is 5. The molecule has 1 saturated heterocycles. The average molecular weight is 558 g/mol. The van der Waals surface area contributed by atoms with Gasteiger partial charge in [0, 0.05) is 18.0 Å². The summed E-state index contributed by atoms with van der Waals surface area (Å²) in [6, 6.07) is 6.27. The molecule has 0 unspecified atom stereocenters. The summed E-state index contributed by atoms with van der Waals surface area (Å²) in [4.78, 5) is 22.5. The Balaban J connectivity index is 1.86. The van der Waals surface area contributed by atoms with Crippen LogP contribution in [0.5, 0.6) is 0 Å². The summed E-state index contributed by atoms with van der Waals surface area (Å²) in [5.74, 6) is -6.29. The largest absolute Gasteiger partial charge is 0.417 e. The SMILES string of the molecule is CC(F)(F)c1nc(Cl)c2cc(N3C(=S)N(c4ccc(C#N)c(C(F)(F)F)c4)C(=O)C3(C)C)cc(F)c2n1. The van der Waals surface area contributed by atoms with Crippen molar-refractivity contribution < 1.29 is 31.1 Å². The third kappa shape index (κ3) is 4.34. The number of hydrogen-bond acceptors (Lipinski definition) is 5. The third-order valence-corrected chi connectivity index (χ3v) is 6.35. The predicted molar refractivity (Wildman–Crippen MR) is 127 cm³/mol. The minimum absolute atomic E-state index is 0.0398. The zero-order valence-corrected chi connectivity index (χ0v) is 20.7. The zero-order chi connectivity index (χ0) is 27.7. The summed E-state index contributed by atoms with van der Waals surface area (Å²) in [5, 5.41) is 8.14. The van der Waals surface area contributed by atoms with Crippen LogP contribution in [0.1, 0.15) is 37.7 Å². The van der Waals surface area contributed by atoms with Gasteiger partial charge in [0.05, 0.1) is 22.9 Å². The van der Waals surface area contributed by atoms with Gasteiger partial charge in [-0.15, -0.1) is 0 Å². The molecule has 0 saturated carbocycles. The molecule has 192 valence electrons. The van der Waals surface area contributed by atoms with Crippen molar-refractivity contribution in [2.45, 2.75) is 38.4 Å². The van der Waals surface area contributed by atoms with Crippen molar-refractivity contribution in [1.82, 2.24) is 9.97 Å². The van der Waals surface area contributed by atoms with Crippen molar-refractivity contribution in [2.24, 2.45) is 0 Å². The molecular formula is C23H14ClF6N5OS. The molecule has 0 aliphatic carbocycles. The van der Waals surface area contributed by atoms with Crippen LogP contribution < -0.4 is 9.80 Å². The highest BCUT2D eigenvalue weighted by Crippen LogP contribution is 2.41. The molecule has 0 N–H and O–H groups in total. The quantitative estimate of drug-likeness (QED) is 0.213. The fourth-order valence-corrected chi connectivity index (χ4v) is 4.67. The number of alkyl halides is 5. The maximum absolute atomic E-state index is 15.1. The van der Waals surface area contributed by atoms with E-state index in [0.717, 1.165) is 23.1 Å². The lowest BCUT2D eigenvalue weighted by molar-refractivity contribution is -0.137. The van der Waals surface area contributed by atoms with Gasteiger partial charge in [-0.25, -0.2) is 14.4 Å². The van der Waals surface area contributed by atoms with Crippen LogP contribution in [0, 0.1) is 17.1 Å². The number of benzene rings is 2. The molecule has 1 amide bonds. The number of anilines is 2.